The molecule has 0 saturated carbocycles. The van der Waals surface area contributed by atoms with Gasteiger partial charge in [-0.25, -0.2) is 15.0 Å². The second kappa shape index (κ2) is 6.82. The summed E-state index contributed by atoms with van der Waals surface area (Å²) in [6.07, 6.45) is 5.13. The Hall–Kier alpha value is -3.08. The first kappa shape index (κ1) is 17.0. The lowest BCUT2D eigenvalue weighted by atomic mass is 10.1. The van der Waals surface area contributed by atoms with Crippen molar-refractivity contribution in [1.82, 2.24) is 19.5 Å². The van der Waals surface area contributed by atoms with E-state index in [9.17, 15) is 4.79 Å². The van der Waals surface area contributed by atoms with Crippen LogP contribution in [-0.2, 0) is 22.4 Å². The molecule has 0 atom stereocenters. The zero-order valence-electron chi connectivity index (χ0n) is 15.2. The number of hydrogen-bond acceptors (Lipinski definition) is 6. The summed E-state index contributed by atoms with van der Waals surface area (Å²) in [5.74, 6) is 6.28. The zero-order chi connectivity index (χ0) is 19.0. The van der Waals surface area contributed by atoms with Crippen LogP contribution in [0.5, 0.6) is 0 Å². The molecule has 2 aliphatic rings. The highest BCUT2D eigenvalue weighted by Crippen LogP contribution is 2.31. The average Bonchev–Trinajstić information content (AvgIpc) is 3.11. The van der Waals surface area contributed by atoms with E-state index in [1.807, 2.05) is 12.1 Å². The maximum absolute atomic E-state index is 13.0. The molecule has 0 unspecified atom stereocenters. The molecule has 28 heavy (non-hydrogen) atoms. The van der Waals surface area contributed by atoms with Gasteiger partial charge in [-0.1, -0.05) is 5.92 Å². The van der Waals surface area contributed by atoms with Crippen LogP contribution >= 0.6 is 0 Å². The Morgan fingerprint density at radius 2 is 2.00 bits per heavy atom. The highest BCUT2D eigenvalue weighted by molar-refractivity contribution is 5.79. The van der Waals surface area contributed by atoms with Crippen molar-refractivity contribution in [3.63, 3.8) is 0 Å². The highest BCUT2D eigenvalue weighted by Gasteiger charge is 2.38. The minimum absolute atomic E-state index is 0.0228. The van der Waals surface area contributed by atoms with E-state index in [1.54, 1.807) is 22.9 Å². The second-order valence-electron chi connectivity index (χ2n) is 6.92. The fourth-order valence-electron chi connectivity index (χ4n) is 3.76. The zero-order valence-corrected chi connectivity index (χ0v) is 15.2. The molecular weight excluding hydrogens is 356 g/mol. The fraction of sp³-hybridized carbons (Fsp3) is 0.333. The van der Waals surface area contributed by atoms with E-state index in [-0.39, 0.29) is 5.56 Å². The van der Waals surface area contributed by atoms with Crippen LogP contribution in [0.1, 0.15) is 29.9 Å². The third-order valence-corrected chi connectivity index (χ3v) is 5.21. The fourth-order valence-corrected chi connectivity index (χ4v) is 3.76. The molecule has 1 spiro atoms. The lowest BCUT2D eigenvalue weighted by molar-refractivity contribution is -0.165. The van der Waals surface area contributed by atoms with Crippen LogP contribution in [0.15, 0.2) is 41.6 Å². The Labute approximate surface area is 161 Å². The quantitative estimate of drug-likeness (QED) is 0.557. The molecule has 2 aromatic heterocycles. The van der Waals surface area contributed by atoms with Crippen LogP contribution in [0, 0.1) is 11.8 Å². The van der Waals surface area contributed by atoms with Crippen LogP contribution in [0.2, 0.25) is 0 Å². The maximum atomic E-state index is 13.0. The molecule has 1 fully saturated rings. The Morgan fingerprint density at radius 3 is 2.82 bits per heavy atom. The van der Waals surface area contributed by atoms with Crippen molar-refractivity contribution in [2.75, 3.05) is 13.2 Å². The van der Waals surface area contributed by atoms with Gasteiger partial charge in [-0.15, -0.1) is 0 Å². The van der Waals surface area contributed by atoms with Gasteiger partial charge in [0.1, 0.15) is 17.8 Å². The lowest BCUT2D eigenvalue weighted by Gasteiger charge is -2.24. The van der Waals surface area contributed by atoms with Gasteiger partial charge in [0.2, 0.25) is 0 Å². The number of benzene rings is 1. The molecule has 1 saturated heterocycles. The molecule has 4 heterocycles. The summed E-state index contributed by atoms with van der Waals surface area (Å²) in [4.78, 5) is 25.8. The Balaban J connectivity index is 1.52. The SMILES string of the molecule is O=c1c2ccc(C#Cc3ccncn3)cc2nc2n1CCC1(CC2)OCCO1. The van der Waals surface area contributed by atoms with Crippen molar-refractivity contribution in [3.8, 4) is 11.8 Å². The van der Waals surface area contributed by atoms with Crippen molar-refractivity contribution in [3.05, 3.63) is 64.2 Å². The molecule has 140 valence electrons. The lowest BCUT2D eigenvalue weighted by Crippen LogP contribution is -2.31. The summed E-state index contributed by atoms with van der Waals surface area (Å²) in [6, 6.07) is 7.25. The molecule has 7 nitrogen and oxygen atoms in total. The van der Waals surface area contributed by atoms with Gasteiger partial charge in [0.25, 0.3) is 5.56 Å². The van der Waals surface area contributed by atoms with E-state index < -0.39 is 5.79 Å². The molecule has 0 bridgehead atoms. The average molecular weight is 374 g/mol. The van der Waals surface area contributed by atoms with Gasteiger partial charge in [0.15, 0.2) is 5.79 Å². The molecule has 0 radical (unpaired) electrons. The van der Waals surface area contributed by atoms with E-state index >= 15 is 0 Å². The molecule has 5 rings (SSSR count). The molecule has 3 aromatic rings. The minimum Gasteiger partial charge on any atom is -0.347 e. The molecular formula is C21H18N4O3. The van der Waals surface area contributed by atoms with E-state index in [0.717, 1.165) is 11.4 Å². The van der Waals surface area contributed by atoms with Gasteiger partial charge >= 0.3 is 0 Å². The van der Waals surface area contributed by atoms with E-state index in [2.05, 4.69) is 21.8 Å². The normalized spacial score (nSPS) is 17.7. The van der Waals surface area contributed by atoms with E-state index in [1.165, 1.54) is 6.33 Å². The van der Waals surface area contributed by atoms with Crippen molar-refractivity contribution >= 4 is 10.9 Å². The summed E-state index contributed by atoms with van der Waals surface area (Å²) >= 11 is 0. The van der Waals surface area contributed by atoms with Crippen LogP contribution in [-0.4, -0.2) is 38.5 Å². The largest absolute Gasteiger partial charge is 0.347 e. The van der Waals surface area contributed by atoms with Gasteiger partial charge in [-0.05, 0) is 30.2 Å². The van der Waals surface area contributed by atoms with Crippen molar-refractivity contribution in [1.29, 1.82) is 0 Å². The molecule has 0 N–H and O–H groups in total. The second-order valence-corrected chi connectivity index (χ2v) is 6.92. The van der Waals surface area contributed by atoms with Crippen molar-refractivity contribution in [2.45, 2.75) is 31.6 Å². The van der Waals surface area contributed by atoms with Gasteiger partial charge in [0.05, 0.1) is 24.1 Å². The number of aromatic nitrogens is 4. The molecule has 7 heteroatoms. The first-order valence-electron chi connectivity index (χ1n) is 9.32. The third kappa shape index (κ3) is 3.07. The highest BCUT2D eigenvalue weighted by atomic mass is 16.7. The van der Waals surface area contributed by atoms with Gasteiger partial charge in [-0.3, -0.25) is 9.36 Å². The number of hydrogen-bond donors (Lipinski definition) is 0. The predicted octanol–water partition coefficient (Wildman–Crippen LogP) is 1.67. The molecule has 1 aromatic carbocycles. The predicted molar refractivity (Wildman–Crippen MR) is 102 cm³/mol. The summed E-state index contributed by atoms with van der Waals surface area (Å²) < 4.78 is 13.4. The Morgan fingerprint density at radius 1 is 1.11 bits per heavy atom. The summed E-state index contributed by atoms with van der Waals surface area (Å²) in [6.45, 7) is 1.76. The number of ether oxygens (including phenoxy) is 2. The Bertz CT molecular complexity index is 1160. The maximum Gasteiger partial charge on any atom is 0.261 e. The summed E-state index contributed by atoms with van der Waals surface area (Å²) in [7, 11) is 0. The molecule has 0 aliphatic carbocycles. The van der Waals surface area contributed by atoms with Crippen molar-refractivity contribution < 1.29 is 9.47 Å². The number of fused-ring (bicyclic) bond motifs is 2. The summed E-state index contributed by atoms with van der Waals surface area (Å²) in [5.41, 5.74) is 2.07. The topological polar surface area (TPSA) is 79.1 Å². The third-order valence-electron chi connectivity index (χ3n) is 5.21. The first-order valence-corrected chi connectivity index (χ1v) is 9.32. The summed E-state index contributed by atoms with van der Waals surface area (Å²) in [5, 5.41) is 0.598. The van der Waals surface area contributed by atoms with Gasteiger partial charge in [-0.2, -0.15) is 0 Å². The molecule has 2 aliphatic heterocycles. The minimum atomic E-state index is -0.569. The number of aryl methyl sites for hydroxylation is 1. The Kier molecular flexibility index (Phi) is 4.15. The van der Waals surface area contributed by atoms with Gasteiger partial charge < -0.3 is 9.47 Å². The smallest absolute Gasteiger partial charge is 0.261 e. The van der Waals surface area contributed by atoms with E-state index in [0.29, 0.717) is 55.6 Å². The first-order chi connectivity index (χ1) is 13.7. The van der Waals surface area contributed by atoms with Crippen LogP contribution in [0.3, 0.4) is 0 Å². The van der Waals surface area contributed by atoms with Crippen LogP contribution < -0.4 is 5.56 Å². The standard InChI is InChI=1S/C21H18N4O3/c26-20-17-4-2-15(1-3-16-6-9-22-14-23-16)13-18(17)24-19-5-7-21(8-10-25(19)20)27-11-12-28-21/h2,4,6,9,13-14H,5,7-8,10-12H2. The number of nitrogens with zero attached hydrogens (tertiary/aromatic N) is 4. The van der Waals surface area contributed by atoms with Crippen LogP contribution in [0.4, 0.5) is 0 Å². The monoisotopic (exact) mass is 374 g/mol. The number of rotatable bonds is 0. The van der Waals surface area contributed by atoms with E-state index in [4.69, 9.17) is 14.5 Å². The van der Waals surface area contributed by atoms with Gasteiger partial charge in [0, 0.05) is 37.6 Å². The van der Waals surface area contributed by atoms with Crippen molar-refractivity contribution in [2.24, 2.45) is 0 Å². The van der Waals surface area contributed by atoms with Crippen LogP contribution in [0.25, 0.3) is 10.9 Å². The molecule has 0 amide bonds.